The number of nitrogens with zero attached hydrogens (tertiary/aromatic N) is 1. The number of hydrogen-bond acceptors (Lipinski definition) is 4. The zero-order valence-corrected chi connectivity index (χ0v) is 18.3. The van der Waals surface area contributed by atoms with Crippen LogP contribution in [0.2, 0.25) is 0 Å². The maximum Gasteiger partial charge on any atom is 0.191 e. The van der Waals surface area contributed by atoms with Gasteiger partial charge in [-0.1, -0.05) is 19.9 Å². The molecule has 28 heavy (non-hydrogen) atoms. The number of rotatable bonds is 13. The van der Waals surface area contributed by atoms with Crippen molar-refractivity contribution in [1.29, 1.82) is 0 Å². The summed E-state index contributed by atoms with van der Waals surface area (Å²) < 4.78 is 10.7. The van der Waals surface area contributed by atoms with Crippen LogP contribution >= 0.6 is 0 Å². The number of aliphatic imine (C=N–C) groups is 1. The standard InChI is InChI=1S/C22H39N3O3/c1-6-23-22(25-16-19(11-13-26)14-17(2)3)24-12-7-8-18-9-10-20(27-4)21(15-18)28-5/h9-10,15,17,19,26H,6-8,11-14,16H2,1-5H3,(H2,23,24,25). The Labute approximate surface area is 170 Å². The third-order valence-corrected chi connectivity index (χ3v) is 4.58. The maximum absolute atomic E-state index is 9.27. The molecule has 0 saturated carbocycles. The molecular weight excluding hydrogens is 354 g/mol. The minimum Gasteiger partial charge on any atom is -0.493 e. The molecular formula is C22H39N3O3. The van der Waals surface area contributed by atoms with Crippen LogP contribution in [0.4, 0.5) is 0 Å². The van der Waals surface area contributed by atoms with E-state index in [2.05, 4.69) is 37.5 Å². The van der Waals surface area contributed by atoms with Gasteiger partial charge in [0.15, 0.2) is 17.5 Å². The summed E-state index contributed by atoms with van der Waals surface area (Å²) in [5.74, 6) is 3.41. The summed E-state index contributed by atoms with van der Waals surface area (Å²) in [5, 5.41) is 16.0. The first kappa shape index (κ1) is 24.1. The minimum absolute atomic E-state index is 0.224. The molecule has 1 rings (SSSR count). The molecule has 0 aromatic heterocycles. The number of hydrogen-bond donors (Lipinski definition) is 3. The van der Waals surface area contributed by atoms with E-state index in [4.69, 9.17) is 14.5 Å². The van der Waals surface area contributed by atoms with Gasteiger partial charge in [-0.05, 0) is 62.1 Å². The number of nitrogens with one attached hydrogen (secondary N) is 2. The summed E-state index contributed by atoms with van der Waals surface area (Å²) in [7, 11) is 3.31. The predicted molar refractivity (Wildman–Crippen MR) is 116 cm³/mol. The van der Waals surface area contributed by atoms with Gasteiger partial charge in [-0.2, -0.15) is 0 Å². The van der Waals surface area contributed by atoms with Gasteiger partial charge in [0.1, 0.15) is 0 Å². The van der Waals surface area contributed by atoms with E-state index in [-0.39, 0.29) is 6.61 Å². The van der Waals surface area contributed by atoms with Gasteiger partial charge in [-0.25, -0.2) is 0 Å². The molecule has 6 heteroatoms. The van der Waals surface area contributed by atoms with Crippen molar-refractivity contribution in [3.8, 4) is 11.5 Å². The Morgan fingerprint density at radius 2 is 1.89 bits per heavy atom. The Morgan fingerprint density at radius 3 is 2.50 bits per heavy atom. The van der Waals surface area contributed by atoms with Crippen LogP contribution in [0.25, 0.3) is 0 Å². The van der Waals surface area contributed by atoms with E-state index < -0.39 is 0 Å². The van der Waals surface area contributed by atoms with Gasteiger partial charge >= 0.3 is 0 Å². The first-order valence-corrected chi connectivity index (χ1v) is 10.4. The zero-order chi connectivity index (χ0) is 20.8. The maximum atomic E-state index is 9.27. The Kier molecular flexibility index (Phi) is 12.1. The highest BCUT2D eigenvalue weighted by Crippen LogP contribution is 2.27. The topological polar surface area (TPSA) is 75.1 Å². The van der Waals surface area contributed by atoms with Gasteiger partial charge in [-0.15, -0.1) is 0 Å². The molecule has 0 heterocycles. The zero-order valence-electron chi connectivity index (χ0n) is 18.3. The first-order valence-electron chi connectivity index (χ1n) is 10.4. The molecule has 1 aromatic rings. The molecule has 160 valence electrons. The summed E-state index contributed by atoms with van der Waals surface area (Å²) in [4.78, 5) is 4.73. The number of ether oxygens (including phenoxy) is 2. The average Bonchev–Trinajstić information content (AvgIpc) is 2.68. The molecule has 0 amide bonds. The Balaban J connectivity index is 2.51. The molecule has 0 aliphatic rings. The van der Waals surface area contributed by atoms with Gasteiger partial charge in [0.2, 0.25) is 0 Å². The smallest absolute Gasteiger partial charge is 0.191 e. The molecule has 0 fully saturated rings. The number of methoxy groups -OCH3 is 2. The number of benzene rings is 1. The lowest BCUT2D eigenvalue weighted by Gasteiger charge is -2.17. The summed E-state index contributed by atoms with van der Waals surface area (Å²) >= 11 is 0. The SMILES string of the molecule is CCNC(=NCC(CCO)CC(C)C)NCCCc1ccc(OC)c(OC)c1. The van der Waals surface area contributed by atoms with Crippen molar-refractivity contribution < 1.29 is 14.6 Å². The van der Waals surface area contributed by atoms with E-state index in [0.29, 0.717) is 11.8 Å². The summed E-state index contributed by atoms with van der Waals surface area (Å²) in [6.45, 7) is 9.13. The second-order valence-corrected chi connectivity index (χ2v) is 7.45. The van der Waals surface area contributed by atoms with E-state index >= 15 is 0 Å². The van der Waals surface area contributed by atoms with E-state index in [1.807, 2.05) is 12.1 Å². The molecule has 1 unspecified atom stereocenters. The molecule has 6 nitrogen and oxygen atoms in total. The number of aryl methyl sites for hydroxylation is 1. The number of guanidine groups is 1. The summed E-state index contributed by atoms with van der Waals surface area (Å²) in [5.41, 5.74) is 1.22. The Bertz CT molecular complexity index is 576. The van der Waals surface area contributed by atoms with Gasteiger partial charge in [0.25, 0.3) is 0 Å². The number of aliphatic hydroxyl groups excluding tert-OH is 1. The van der Waals surface area contributed by atoms with Gasteiger partial charge in [0.05, 0.1) is 14.2 Å². The lowest BCUT2D eigenvalue weighted by molar-refractivity contribution is 0.245. The van der Waals surface area contributed by atoms with Crippen molar-refractivity contribution in [3.05, 3.63) is 23.8 Å². The van der Waals surface area contributed by atoms with E-state index in [1.54, 1.807) is 14.2 Å². The predicted octanol–water partition coefficient (Wildman–Crippen LogP) is 3.24. The lowest BCUT2D eigenvalue weighted by atomic mass is 9.94. The van der Waals surface area contributed by atoms with Crippen LogP contribution in [0.1, 0.15) is 45.6 Å². The monoisotopic (exact) mass is 393 g/mol. The molecule has 0 aliphatic heterocycles. The molecule has 0 aliphatic carbocycles. The summed E-state index contributed by atoms with van der Waals surface area (Å²) in [6.07, 6.45) is 3.84. The van der Waals surface area contributed by atoms with Crippen LogP contribution in [0, 0.1) is 11.8 Å². The van der Waals surface area contributed by atoms with Crippen molar-refractivity contribution in [1.82, 2.24) is 10.6 Å². The minimum atomic E-state index is 0.224. The molecule has 3 N–H and O–H groups in total. The van der Waals surface area contributed by atoms with Crippen LogP contribution < -0.4 is 20.1 Å². The van der Waals surface area contributed by atoms with E-state index in [0.717, 1.165) is 62.8 Å². The van der Waals surface area contributed by atoms with Crippen LogP contribution in [0.15, 0.2) is 23.2 Å². The normalized spacial score (nSPS) is 12.8. The first-order chi connectivity index (χ1) is 13.5. The fourth-order valence-corrected chi connectivity index (χ4v) is 3.23. The highest BCUT2D eigenvalue weighted by atomic mass is 16.5. The molecule has 0 bridgehead atoms. The number of aliphatic hydroxyl groups is 1. The van der Waals surface area contributed by atoms with Crippen LogP contribution in [0.3, 0.4) is 0 Å². The molecule has 0 radical (unpaired) electrons. The third-order valence-electron chi connectivity index (χ3n) is 4.58. The van der Waals surface area contributed by atoms with E-state index in [9.17, 15) is 5.11 Å². The molecule has 0 spiro atoms. The van der Waals surface area contributed by atoms with Gasteiger partial charge in [-0.3, -0.25) is 4.99 Å². The Morgan fingerprint density at radius 1 is 1.14 bits per heavy atom. The van der Waals surface area contributed by atoms with Crippen molar-refractivity contribution in [2.24, 2.45) is 16.8 Å². The van der Waals surface area contributed by atoms with Crippen molar-refractivity contribution in [2.45, 2.75) is 46.5 Å². The second kappa shape index (κ2) is 14.1. The quantitative estimate of drug-likeness (QED) is 0.273. The summed E-state index contributed by atoms with van der Waals surface area (Å²) in [6, 6.07) is 6.05. The molecule has 1 atom stereocenters. The lowest BCUT2D eigenvalue weighted by Crippen LogP contribution is -2.38. The highest BCUT2D eigenvalue weighted by molar-refractivity contribution is 5.79. The Hall–Kier alpha value is -1.95. The fourth-order valence-electron chi connectivity index (χ4n) is 3.23. The second-order valence-electron chi connectivity index (χ2n) is 7.45. The van der Waals surface area contributed by atoms with E-state index in [1.165, 1.54) is 5.56 Å². The fraction of sp³-hybridized carbons (Fsp3) is 0.682. The van der Waals surface area contributed by atoms with Crippen molar-refractivity contribution in [3.63, 3.8) is 0 Å². The van der Waals surface area contributed by atoms with Crippen LogP contribution in [0.5, 0.6) is 11.5 Å². The van der Waals surface area contributed by atoms with Crippen LogP contribution in [-0.4, -0.2) is 51.5 Å². The average molecular weight is 394 g/mol. The van der Waals surface area contributed by atoms with Crippen molar-refractivity contribution >= 4 is 5.96 Å². The molecule has 1 aromatic carbocycles. The molecule has 0 saturated heterocycles. The highest BCUT2D eigenvalue weighted by Gasteiger charge is 2.11. The third kappa shape index (κ3) is 9.31. The van der Waals surface area contributed by atoms with Gasteiger partial charge < -0.3 is 25.2 Å². The van der Waals surface area contributed by atoms with Crippen molar-refractivity contribution in [2.75, 3.05) is 40.5 Å². The van der Waals surface area contributed by atoms with Crippen LogP contribution in [-0.2, 0) is 6.42 Å². The largest absolute Gasteiger partial charge is 0.493 e. The van der Waals surface area contributed by atoms with Gasteiger partial charge in [0, 0.05) is 26.2 Å².